The molecule has 0 bridgehead atoms. The van der Waals surface area contributed by atoms with Crippen molar-refractivity contribution >= 4 is 23.6 Å². The number of hydrogen-bond donors (Lipinski definition) is 2. The van der Waals surface area contributed by atoms with Gasteiger partial charge in [0.15, 0.2) is 0 Å². The number of amides is 1. The van der Waals surface area contributed by atoms with Crippen LogP contribution in [0.5, 0.6) is 0 Å². The summed E-state index contributed by atoms with van der Waals surface area (Å²) in [6.45, 7) is 0.723. The first kappa shape index (κ1) is 18.3. The molecule has 0 aromatic rings. The van der Waals surface area contributed by atoms with Gasteiger partial charge in [0.05, 0.1) is 6.42 Å². The second-order valence-electron chi connectivity index (χ2n) is 6.21. The van der Waals surface area contributed by atoms with E-state index in [1.54, 1.807) is 0 Å². The van der Waals surface area contributed by atoms with Gasteiger partial charge in [-0.3, -0.25) is 9.59 Å². The van der Waals surface area contributed by atoms with Crippen molar-refractivity contribution in [1.82, 2.24) is 5.32 Å². The van der Waals surface area contributed by atoms with E-state index in [2.05, 4.69) is 11.6 Å². The summed E-state index contributed by atoms with van der Waals surface area (Å²) in [6.07, 6.45) is 11.1. The van der Waals surface area contributed by atoms with Crippen LogP contribution in [0.25, 0.3) is 0 Å². The van der Waals surface area contributed by atoms with Gasteiger partial charge in [0.2, 0.25) is 5.91 Å². The summed E-state index contributed by atoms with van der Waals surface area (Å²) < 4.78 is 0. The summed E-state index contributed by atoms with van der Waals surface area (Å²) in [4.78, 5) is 23.0. The molecule has 0 aliphatic heterocycles. The number of rotatable bonds is 11. The van der Waals surface area contributed by atoms with Crippen LogP contribution in [0.3, 0.4) is 0 Å². The van der Waals surface area contributed by atoms with Crippen LogP contribution in [0.1, 0.15) is 64.2 Å². The fraction of sp³-hybridized carbons (Fsp3) is 0.875. The smallest absolute Gasteiger partial charge is 0.303 e. The van der Waals surface area contributed by atoms with Gasteiger partial charge in [0.25, 0.3) is 0 Å². The van der Waals surface area contributed by atoms with Crippen LogP contribution in [0.4, 0.5) is 0 Å². The van der Waals surface area contributed by atoms with E-state index in [-0.39, 0.29) is 17.7 Å². The SMILES string of the molecule is CSCCCCCCNC(=O)CC1(CC(=O)O)CCCC1. The minimum Gasteiger partial charge on any atom is -0.481 e. The molecular formula is C16H29NO3S. The molecule has 0 radical (unpaired) electrons. The monoisotopic (exact) mass is 315 g/mol. The molecule has 0 aromatic carbocycles. The van der Waals surface area contributed by atoms with E-state index in [1.165, 1.54) is 18.6 Å². The molecule has 0 atom stereocenters. The summed E-state index contributed by atoms with van der Waals surface area (Å²) in [5, 5.41) is 12.0. The Hall–Kier alpha value is -0.710. The maximum absolute atomic E-state index is 12.0. The normalized spacial score (nSPS) is 16.8. The van der Waals surface area contributed by atoms with Crippen molar-refractivity contribution in [3.05, 3.63) is 0 Å². The van der Waals surface area contributed by atoms with E-state index < -0.39 is 5.97 Å². The molecule has 1 fully saturated rings. The summed E-state index contributed by atoms with van der Waals surface area (Å²) in [5.74, 6) is 0.463. The third-order valence-corrected chi connectivity index (χ3v) is 5.02. The van der Waals surface area contributed by atoms with Gasteiger partial charge >= 0.3 is 5.97 Å². The number of unbranched alkanes of at least 4 members (excludes halogenated alkanes) is 3. The van der Waals surface area contributed by atoms with Gasteiger partial charge in [-0.2, -0.15) is 11.8 Å². The maximum atomic E-state index is 12.0. The lowest BCUT2D eigenvalue weighted by atomic mass is 9.79. The quantitative estimate of drug-likeness (QED) is 0.573. The third-order valence-electron chi connectivity index (χ3n) is 4.32. The van der Waals surface area contributed by atoms with Crippen LogP contribution in [0.2, 0.25) is 0 Å². The standard InChI is InChI=1S/C16H29NO3S/c1-21-11-7-3-2-6-10-17-14(18)12-16(13-15(19)20)8-4-5-9-16/h2-13H2,1H3,(H,17,18)(H,19,20). The minimum atomic E-state index is -0.779. The average molecular weight is 315 g/mol. The molecule has 0 spiro atoms. The minimum absolute atomic E-state index is 0.0299. The fourth-order valence-electron chi connectivity index (χ4n) is 3.22. The molecule has 5 heteroatoms. The molecule has 0 unspecified atom stereocenters. The van der Waals surface area contributed by atoms with Crippen molar-refractivity contribution in [1.29, 1.82) is 0 Å². The number of carboxylic acids is 1. The van der Waals surface area contributed by atoms with Crippen molar-refractivity contribution in [2.45, 2.75) is 64.2 Å². The first-order valence-electron chi connectivity index (χ1n) is 8.05. The molecule has 0 saturated heterocycles. The molecule has 0 heterocycles. The fourth-order valence-corrected chi connectivity index (χ4v) is 3.71. The highest BCUT2D eigenvalue weighted by Crippen LogP contribution is 2.43. The van der Waals surface area contributed by atoms with Crippen molar-refractivity contribution < 1.29 is 14.7 Å². The molecule has 1 rings (SSSR count). The first-order valence-corrected chi connectivity index (χ1v) is 9.45. The van der Waals surface area contributed by atoms with Gasteiger partial charge < -0.3 is 10.4 Å². The topological polar surface area (TPSA) is 66.4 Å². The molecule has 0 aromatic heterocycles. The van der Waals surface area contributed by atoms with Crippen LogP contribution >= 0.6 is 11.8 Å². The molecule has 122 valence electrons. The molecule has 21 heavy (non-hydrogen) atoms. The van der Waals surface area contributed by atoms with Crippen molar-refractivity contribution in [3.63, 3.8) is 0 Å². The van der Waals surface area contributed by atoms with E-state index in [0.717, 1.165) is 45.1 Å². The van der Waals surface area contributed by atoms with Gasteiger partial charge in [-0.25, -0.2) is 0 Å². The largest absolute Gasteiger partial charge is 0.481 e. The zero-order chi connectivity index (χ0) is 15.6. The lowest BCUT2D eigenvalue weighted by Gasteiger charge is -2.26. The molecule has 1 saturated carbocycles. The highest BCUT2D eigenvalue weighted by molar-refractivity contribution is 7.98. The van der Waals surface area contributed by atoms with Crippen LogP contribution in [-0.4, -0.2) is 35.5 Å². The van der Waals surface area contributed by atoms with E-state index >= 15 is 0 Å². The Labute approximate surface area is 132 Å². The summed E-state index contributed by atoms with van der Waals surface area (Å²) >= 11 is 1.87. The second-order valence-corrected chi connectivity index (χ2v) is 7.20. The molecule has 2 N–H and O–H groups in total. The van der Waals surface area contributed by atoms with Gasteiger partial charge in [0.1, 0.15) is 0 Å². The Balaban J connectivity index is 2.18. The lowest BCUT2D eigenvalue weighted by Crippen LogP contribution is -2.32. The molecule has 4 nitrogen and oxygen atoms in total. The number of nitrogens with one attached hydrogen (secondary N) is 1. The van der Waals surface area contributed by atoms with E-state index in [0.29, 0.717) is 6.42 Å². The zero-order valence-corrected chi connectivity index (χ0v) is 14.0. The van der Waals surface area contributed by atoms with E-state index in [9.17, 15) is 9.59 Å². The van der Waals surface area contributed by atoms with Crippen molar-refractivity contribution in [2.75, 3.05) is 18.6 Å². The second kappa shape index (κ2) is 10.1. The Kier molecular flexibility index (Phi) is 8.81. The number of aliphatic carboxylic acids is 1. The van der Waals surface area contributed by atoms with Crippen LogP contribution in [0.15, 0.2) is 0 Å². The molecule has 1 amide bonds. The summed E-state index contributed by atoms with van der Waals surface area (Å²) in [7, 11) is 0. The molecule has 1 aliphatic rings. The van der Waals surface area contributed by atoms with Gasteiger partial charge in [-0.15, -0.1) is 0 Å². The van der Waals surface area contributed by atoms with Crippen LogP contribution in [0, 0.1) is 5.41 Å². The van der Waals surface area contributed by atoms with Crippen molar-refractivity contribution in [3.8, 4) is 0 Å². The predicted octanol–water partition coefficient (Wildman–Crippen LogP) is 3.45. The zero-order valence-electron chi connectivity index (χ0n) is 13.2. The molecule has 1 aliphatic carbocycles. The van der Waals surface area contributed by atoms with Gasteiger partial charge in [-0.05, 0) is 43.1 Å². The predicted molar refractivity (Wildman–Crippen MR) is 87.6 cm³/mol. The Bertz CT molecular complexity index is 327. The maximum Gasteiger partial charge on any atom is 0.303 e. The van der Waals surface area contributed by atoms with Crippen LogP contribution in [-0.2, 0) is 9.59 Å². The average Bonchev–Trinajstić information content (AvgIpc) is 2.84. The Morgan fingerprint density at radius 3 is 2.38 bits per heavy atom. The van der Waals surface area contributed by atoms with Crippen LogP contribution < -0.4 is 5.32 Å². The van der Waals surface area contributed by atoms with Crippen molar-refractivity contribution in [2.24, 2.45) is 5.41 Å². The third kappa shape index (κ3) is 7.74. The first-order chi connectivity index (χ1) is 10.1. The van der Waals surface area contributed by atoms with Gasteiger partial charge in [0, 0.05) is 13.0 Å². The highest BCUT2D eigenvalue weighted by atomic mass is 32.2. The number of carbonyl (C=O) groups is 2. The molecular weight excluding hydrogens is 286 g/mol. The number of thioether (sulfide) groups is 1. The van der Waals surface area contributed by atoms with E-state index in [4.69, 9.17) is 5.11 Å². The Morgan fingerprint density at radius 2 is 1.76 bits per heavy atom. The number of carbonyl (C=O) groups excluding carboxylic acids is 1. The Morgan fingerprint density at radius 1 is 1.10 bits per heavy atom. The highest BCUT2D eigenvalue weighted by Gasteiger charge is 2.37. The number of hydrogen-bond acceptors (Lipinski definition) is 3. The summed E-state index contributed by atoms with van der Waals surface area (Å²) in [5.41, 5.74) is -0.283. The summed E-state index contributed by atoms with van der Waals surface area (Å²) in [6, 6.07) is 0. The lowest BCUT2D eigenvalue weighted by molar-refractivity contribution is -0.140. The van der Waals surface area contributed by atoms with Gasteiger partial charge in [-0.1, -0.05) is 25.7 Å². The number of carboxylic acid groups (broad SMARTS) is 1. The van der Waals surface area contributed by atoms with E-state index in [1.807, 2.05) is 11.8 Å².